The lowest BCUT2D eigenvalue weighted by molar-refractivity contribution is -0.135. The zero-order valence-electron chi connectivity index (χ0n) is 17.7. The van der Waals surface area contributed by atoms with Crippen molar-refractivity contribution in [3.63, 3.8) is 0 Å². The van der Waals surface area contributed by atoms with Gasteiger partial charge < -0.3 is 9.30 Å². The van der Waals surface area contributed by atoms with Gasteiger partial charge in [0.25, 0.3) is 0 Å². The van der Waals surface area contributed by atoms with E-state index in [2.05, 4.69) is 0 Å². The van der Waals surface area contributed by atoms with Crippen LogP contribution in [-0.4, -0.2) is 22.8 Å². The van der Waals surface area contributed by atoms with Crippen molar-refractivity contribution in [2.45, 2.75) is 62.4 Å². The van der Waals surface area contributed by atoms with E-state index in [0.717, 1.165) is 33.3 Å². The molecule has 0 bridgehead atoms. The van der Waals surface area contributed by atoms with Crippen molar-refractivity contribution in [1.82, 2.24) is 9.55 Å². The molecule has 2 aromatic carbocycles. The maximum atomic E-state index is 12.6. The van der Waals surface area contributed by atoms with Gasteiger partial charge in [-0.25, -0.2) is 4.98 Å². The number of benzene rings is 2. The summed E-state index contributed by atoms with van der Waals surface area (Å²) in [6.07, 6.45) is -4.87. The van der Waals surface area contributed by atoms with Crippen LogP contribution in [-0.2, 0) is 17.7 Å². The first kappa shape index (κ1) is 22.5. The molecule has 0 spiro atoms. The fourth-order valence-electron chi connectivity index (χ4n) is 3.32. The van der Waals surface area contributed by atoms with E-state index in [4.69, 9.17) is 9.72 Å². The zero-order valence-corrected chi connectivity index (χ0v) is 18.5. The number of methoxy groups -OCH3 is 1. The molecular formula is C23H27F3N2OS. The Labute approximate surface area is 179 Å². The highest BCUT2D eigenvalue weighted by atomic mass is 32.2. The van der Waals surface area contributed by atoms with Crippen LogP contribution in [0.5, 0.6) is 5.75 Å². The number of imidazole rings is 1. The predicted octanol–water partition coefficient (Wildman–Crippen LogP) is 6.98. The van der Waals surface area contributed by atoms with Crippen LogP contribution in [0.2, 0.25) is 0 Å². The van der Waals surface area contributed by atoms with Gasteiger partial charge >= 0.3 is 6.18 Å². The number of alkyl halides is 3. The summed E-state index contributed by atoms with van der Waals surface area (Å²) in [6, 6.07) is 14.0. The number of halogens is 3. The van der Waals surface area contributed by atoms with E-state index in [1.54, 1.807) is 18.9 Å². The van der Waals surface area contributed by atoms with Crippen LogP contribution in [0.1, 0.15) is 45.0 Å². The smallest absolute Gasteiger partial charge is 0.389 e. The minimum absolute atomic E-state index is 0.0476. The second-order valence-electron chi connectivity index (χ2n) is 8.34. The van der Waals surface area contributed by atoms with Crippen LogP contribution in [0.15, 0.2) is 47.4 Å². The van der Waals surface area contributed by atoms with Crippen molar-refractivity contribution >= 4 is 22.8 Å². The normalized spacial score (nSPS) is 12.5. The molecule has 162 valence electrons. The lowest BCUT2D eigenvalue weighted by Gasteiger charge is -2.20. The summed E-state index contributed by atoms with van der Waals surface area (Å²) in [7, 11) is 1.65. The lowest BCUT2D eigenvalue weighted by Crippen LogP contribution is -2.20. The number of hydrogen-bond acceptors (Lipinski definition) is 3. The highest BCUT2D eigenvalue weighted by molar-refractivity contribution is 7.98. The number of thioether (sulfide) groups is 1. The molecule has 0 saturated carbocycles. The average molecular weight is 437 g/mol. The summed E-state index contributed by atoms with van der Waals surface area (Å²) < 4.78 is 45.0. The van der Waals surface area contributed by atoms with Gasteiger partial charge in [0.05, 0.1) is 18.1 Å². The standard InChI is InChI=1S/C23H27F3N2OS/c1-22(2,3)21-27-19-14-18(30-15-16-6-8-17(29-4)9-7-16)10-11-20(19)28(21)13-5-12-23(24,25)26/h6-11,14H,5,12-13,15H2,1-4H3. The molecule has 0 N–H and O–H groups in total. The molecule has 0 atom stereocenters. The van der Waals surface area contributed by atoms with Crippen molar-refractivity contribution in [3.05, 3.63) is 53.9 Å². The number of hydrogen-bond donors (Lipinski definition) is 0. The summed E-state index contributed by atoms with van der Waals surface area (Å²) in [5, 5.41) is 0. The van der Waals surface area contributed by atoms with Crippen LogP contribution in [0, 0.1) is 0 Å². The molecule has 0 radical (unpaired) electrons. The Bertz CT molecular complexity index is 989. The van der Waals surface area contributed by atoms with Crippen molar-refractivity contribution in [1.29, 1.82) is 0 Å². The molecule has 1 aromatic heterocycles. The molecule has 0 fully saturated rings. The Morgan fingerprint density at radius 1 is 1.03 bits per heavy atom. The maximum Gasteiger partial charge on any atom is 0.389 e. The van der Waals surface area contributed by atoms with Crippen molar-refractivity contribution in [2.75, 3.05) is 7.11 Å². The molecule has 1 heterocycles. The van der Waals surface area contributed by atoms with Gasteiger partial charge in [0.2, 0.25) is 0 Å². The van der Waals surface area contributed by atoms with Gasteiger partial charge in [0, 0.05) is 29.0 Å². The summed E-state index contributed by atoms with van der Waals surface area (Å²) in [5.74, 6) is 2.46. The molecule has 0 aliphatic heterocycles. The lowest BCUT2D eigenvalue weighted by atomic mass is 9.95. The van der Waals surface area contributed by atoms with E-state index in [0.29, 0.717) is 6.54 Å². The van der Waals surface area contributed by atoms with Crippen LogP contribution in [0.3, 0.4) is 0 Å². The van der Waals surface area contributed by atoms with Crippen molar-refractivity contribution < 1.29 is 17.9 Å². The number of ether oxygens (including phenoxy) is 1. The number of fused-ring (bicyclic) bond motifs is 1. The number of aromatic nitrogens is 2. The summed E-state index contributed by atoms with van der Waals surface area (Å²) in [5.41, 5.74) is 2.64. The SMILES string of the molecule is COc1ccc(CSc2ccc3c(c2)nc(C(C)(C)C)n3CCCC(F)(F)F)cc1. The van der Waals surface area contributed by atoms with Gasteiger partial charge in [-0.1, -0.05) is 32.9 Å². The van der Waals surface area contributed by atoms with E-state index in [1.807, 2.05) is 67.8 Å². The highest BCUT2D eigenvalue weighted by Gasteiger charge is 2.28. The molecule has 3 rings (SSSR count). The Kier molecular flexibility index (Phi) is 6.70. The second-order valence-corrected chi connectivity index (χ2v) is 9.39. The average Bonchev–Trinajstić information content (AvgIpc) is 3.04. The van der Waals surface area contributed by atoms with E-state index in [-0.39, 0.29) is 11.8 Å². The third kappa shape index (κ3) is 5.72. The Morgan fingerprint density at radius 2 is 1.73 bits per heavy atom. The first-order chi connectivity index (χ1) is 14.1. The van der Waals surface area contributed by atoms with Gasteiger partial charge in [-0.2, -0.15) is 13.2 Å². The van der Waals surface area contributed by atoms with Crippen molar-refractivity contribution in [3.8, 4) is 5.75 Å². The minimum atomic E-state index is -4.14. The molecule has 3 aromatic rings. The summed E-state index contributed by atoms with van der Waals surface area (Å²) in [6.45, 7) is 6.41. The first-order valence-corrected chi connectivity index (χ1v) is 10.9. The van der Waals surface area contributed by atoms with Crippen LogP contribution < -0.4 is 4.74 Å². The topological polar surface area (TPSA) is 27.1 Å². The molecule has 0 saturated heterocycles. The van der Waals surface area contributed by atoms with E-state index < -0.39 is 12.6 Å². The van der Waals surface area contributed by atoms with Gasteiger partial charge in [0.1, 0.15) is 11.6 Å². The monoisotopic (exact) mass is 436 g/mol. The van der Waals surface area contributed by atoms with E-state index in [1.165, 1.54) is 5.56 Å². The summed E-state index contributed by atoms with van der Waals surface area (Å²) in [4.78, 5) is 5.87. The second kappa shape index (κ2) is 8.92. The predicted molar refractivity (Wildman–Crippen MR) is 116 cm³/mol. The maximum absolute atomic E-state index is 12.6. The minimum Gasteiger partial charge on any atom is -0.497 e. The Morgan fingerprint density at radius 3 is 2.33 bits per heavy atom. The fourth-order valence-corrected chi connectivity index (χ4v) is 4.21. The Hall–Kier alpha value is -2.15. The number of nitrogens with zero attached hydrogens (tertiary/aromatic N) is 2. The molecule has 0 unspecified atom stereocenters. The van der Waals surface area contributed by atoms with E-state index in [9.17, 15) is 13.2 Å². The molecule has 7 heteroatoms. The zero-order chi connectivity index (χ0) is 21.9. The largest absolute Gasteiger partial charge is 0.497 e. The molecular weight excluding hydrogens is 409 g/mol. The molecule has 0 aliphatic carbocycles. The quantitative estimate of drug-likeness (QED) is 0.374. The van der Waals surface area contributed by atoms with Crippen LogP contribution in [0.4, 0.5) is 13.2 Å². The molecule has 0 aliphatic rings. The van der Waals surface area contributed by atoms with E-state index >= 15 is 0 Å². The first-order valence-electron chi connectivity index (χ1n) is 9.90. The highest BCUT2D eigenvalue weighted by Crippen LogP contribution is 2.32. The van der Waals surface area contributed by atoms with Crippen LogP contribution in [0.25, 0.3) is 11.0 Å². The third-order valence-electron chi connectivity index (χ3n) is 4.80. The van der Waals surface area contributed by atoms with Gasteiger partial charge in [0.15, 0.2) is 0 Å². The number of rotatable bonds is 7. The summed E-state index contributed by atoms with van der Waals surface area (Å²) >= 11 is 1.71. The Balaban J connectivity index is 1.81. The fraction of sp³-hybridized carbons (Fsp3) is 0.435. The molecule has 0 amide bonds. The van der Waals surface area contributed by atoms with Gasteiger partial charge in [-0.05, 0) is 42.3 Å². The third-order valence-corrected chi connectivity index (χ3v) is 5.86. The van der Waals surface area contributed by atoms with Crippen molar-refractivity contribution in [2.24, 2.45) is 0 Å². The van der Waals surface area contributed by atoms with Crippen LogP contribution >= 0.6 is 11.8 Å². The molecule has 30 heavy (non-hydrogen) atoms. The molecule has 3 nitrogen and oxygen atoms in total. The van der Waals surface area contributed by atoms with Gasteiger partial charge in [-0.3, -0.25) is 0 Å². The van der Waals surface area contributed by atoms with Gasteiger partial charge in [-0.15, -0.1) is 11.8 Å². The number of aryl methyl sites for hydroxylation is 1.